The molecule has 156 valence electrons. The highest BCUT2D eigenvalue weighted by Crippen LogP contribution is 2.23. The highest BCUT2D eigenvalue weighted by molar-refractivity contribution is 6.34. The summed E-state index contributed by atoms with van der Waals surface area (Å²) in [5.74, 6) is -0.861. The van der Waals surface area contributed by atoms with Crippen LogP contribution in [-0.2, 0) is 0 Å². The number of halogens is 2. The Hall–Kier alpha value is -3.19. The second kappa shape index (κ2) is 9.09. The quantitative estimate of drug-likeness (QED) is 0.618. The van der Waals surface area contributed by atoms with Crippen LogP contribution in [0.2, 0.25) is 5.02 Å². The summed E-state index contributed by atoms with van der Waals surface area (Å²) < 4.78 is 14.7. The molecule has 0 saturated heterocycles. The van der Waals surface area contributed by atoms with Gasteiger partial charge in [-0.1, -0.05) is 11.6 Å². The standard InChI is InChI=1S/C22H22ClFN4O2/c1-4-27(5-2)22(30)18-11-8-16(12-20(18)23)26-21(29)19-13-25-28(14(19)3)17-9-6-15(24)7-10-17/h6-13H,4-5H2,1-3H3,(H,26,29). The zero-order chi connectivity index (χ0) is 21.8. The van der Waals surface area contributed by atoms with E-state index >= 15 is 0 Å². The maximum Gasteiger partial charge on any atom is 0.259 e. The molecule has 6 nitrogen and oxygen atoms in total. The number of benzene rings is 2. The summed E-state index contributed by atoms with van der Waals surface area (Å²) in [6, 6.07) is 10.6. The third-order valence-corrected chi connectivity index (χ3v) is 5.15. The minimum atomic E-state index is -0.361. The smallest absolute Gasteiger partial charge is 0.259 e. The van der Waals surface area contributed by atoms with Gasteiger partial charge in [0, 0.05) is 18.8 Å². The van der Waals surface area contributed by atoms with Crippen LogP contribution >= 0.6 is 11.6 Å². The fourth-order valence-electron chi connectivity index (χ4n) is 3.12. The van der Waals surface area contributed by atoms with E-state index in [4.69, 9.17) is 11.6 Å². The van der Waals surface area contributed by atoms with Crippen molar-refractivity contribution in [1.29, 1.82) is 0 Å². The Kier molecular flexibility index (Phi) is 6.52. The van der Waals surface area contributed by atoms with E-state index in [0.717, 1.165) is 0 Å². The first kappa shape index (κ1) is 21.5. The number of aromatic nitrogens is 2. The molecule has 2 amide bonds. The molecule has 8 heteroatoms. The molecular formula is C22H22ClFN4O2. The van der Waals surface area contributed by atoms with Crippen LogP contribution in [-0.4, -0.2) is 39.6 Å². The van der Waals surface area contributed by atoms with Crippen molar-refractivity contribution in [2.45, 2.75) is 20.8 Å². The molecule has 2 aromatic carbocycles. The van der Waals surface area contributed by atoms with Crippen LogP contribution in [0, 0.1) is 12.7 Å². The maximum atomic E-state index is 13.1. The molecule has 0 aliphatic heterocycles. The molecule has 0 aliphatic rings. The topological polar surface area (TPSA) is 67.2 Å². The molecule has 0 bridgehead atoms. The lowest BCUT2D eigenvalue weighted by atomic mass is 10.1. The van der Waals surface area contributed by atoms with Gasteiger partial charge in [0.25, 0.3) is 11.8 Å². The largest absolute Gasteiger partial charge is 0.339 e. The summed E-state index contributed by atoms with van der Waals surface area (Å²) in [5.41, 5.74) is 2.49. The Morgan fingerprint density at radius 2 is 1.77 bits per heavy atom. The van der Waals surface area contributed by atoms with E-state index in [1.54, 1.807) is 46.8 Å². The average molecular weight is 429 g/mol. The maximum absolute atomic E-state index is 13.1. The molecule has 1 aromatic heterocycles. The predicted molar refractivity (Wildman–Crippen MR) is 115 cm³/mol. The molecule has 0 radical (unpaired) electrons. The van der Waals surface area contributed by atoms with Crippen LogP contribution in [0.1, 0.15) is 40.3 Å². The fourth-order valence-corrected chi connectivity index (χ4v) is 3.38. The van der Waals surface area contributed by atoms with E-state index in [2.05, 4.69) is 10.4 Å². The summed E-state index contributed by atoms with van der Waals surface area (Å²) in [4.78, 5) is 26.9. The molecule has 3 rings (SSSR count). The Bertz CT molecular complexity index is 1080. The van der Waals surface area contributed by atoms with Crippen molar-refractivity contribution >= 4 is 29.1 Å². The van der Waals surface area contributed by atoms with Crippen LogP contribution in [0.4, 0.5) is 10.1 Å². The minimum Gasteiger partial charge on any atom is -0.339 e. The average Bonchev–Trinajstić information content (AvgIpc) is 3.11. The zero-order valence-electron chi connectivity index (χ0n) is 16.9. The van der Waals surface area contributed by atoms with Gasteiger partial charge in [0.15, 0.2) is 0 Å². The third kappa shape index (κ3) is 4.36. The SMILES string of the molecule is CCN(CC)C(=O)c1ccc(NC(=O)c2cnn(-c3ccc(F)cc3)c2C)cc1Cl. The number of hydrogen-bond donors (Lipinski definition) is 1. The molecule has 0 saturated carbocycles. The number of amides is 2. The van der Waals surface area contributed by atoms with Crippen LogP contribution in [0.25, 0.3) is 5.69 Å². The monoisotopic (exact) mass is 428 g/mol. The summed E-state index contributed by atoms with van der Waals surface area (Å²) >= 11 is 6.29. The van der Waals surface area contributed by atoms with Gasteiger partial charge in [-0.2, -0.15) is 5.10 Å². The summed E-state index contributed by atoms with van der Waals surface area (Å²) in [5, 5.41) is 7.27. The summed E-state index contributed by atoms with van der Waals surface area (Å²) in [6.45, 7) is 6.73. The van der Waals surface area contributed by atoms with Gasteiger partial charge in [0.1, 0.15) is 5.82 Å². The van der Waals surface area contributed by atoms with Crippen molar-refractivity contribution in [3.63, 3.8) is 0 Å². The first-order valence-electron chi connectivity index (χ1n) is 9.56. The second-order valence-electron chi connectivity index (χ2n) is 6.66. The fraction of sp³-hybridized carbons (Fsp3) is 0.227. The molecule has 30 heavy (non-hydrogen) atoms. The molecule has 0 unspecified atom stereocenters. The van der Waals surface area contributed by atoms with Crippen molar-refractivity contribution in [3.8, 4) is 5.69 Å². The van der Waals surface area contributed by atoms with Crippen LogP contribution < -0.4 is 5.32 Å². The number of nitrogens with zero attached hydrogens (tertiary/aromatic N) is 3. The molecule has 0 spiro atoms. The number of carbonyl (C=O) groups excluding carboxylic acids is 2. The Labute approximate surface area is 179 Å². The first-order valence-corrected chi connectivity index (χ1v) is 9.94. The van der Waals surface area contributed by atoms with Gasteiger partial charge in [-0.25, -0.2) is 9.07 Å². The van der Waals surface area contributed by atoms with Gasteiger partial charge in [0.2, 0.25) is 0 Å². The van der Waals surface area contributed by atoms with Crippen LogP contribution in [0.3, 0.4) is 0 Å². The lowest BCUT2D eigenvalue weighted by Crippen LogP contribution is -2.30. The number of rotatable bonds is 6. The van der Waals surface area contributed by atoms with Gasteiger partial charge in [-0.3, -0.25) is 9.59 Å². The van der Waals surface area contributed by atoms with Crippen LogP contribution in [0.5, 0.6) is 0 Å². The van der Waals surface area contributed by atoms with E-state index in [1.807, 2.05) is 13.8 Å². The minimum absolute atomic E-state index is 0.153. The first-order chi connectivity index (χ1) is 14.3. The number of nitrogens with one attached hydrogen (secondary N) is 1. The molecular weight excluding hydrogens is 407 g/mol. The molecule has 0 aliphatic carbocycles. The van der Waals surface area contributed by atoms with Crippen molar-refractivity contribution in [2.24, 2.45) is 0 Å². The van der Waals surface area contributed by atoms with Crippen molar-refractivity contribution in [2.75, 3.05) is 18.4 Å². The van der Waals surface area contributed by atoms with Gasteiger partial charge < -0.3 is 10.2 Å². The molecule has 0 atom stereocenters. The van der Waals surface area contributed by atoms with E-state index in [1.165, 1.54) is 18.3 Å². The van der Waals surface area contributed by atoms with E-state index in [0.29, 0.717) is 41.3 Å². The van der Waals surface area contributed by atoms with E-state index < -0.39 is 0 Å². The normalized spacial score (nSPS) is 10.7. The summed E-state index contributed by atoms with van der Waals surface area (Å²) in [6.07, 6.45) is 1.45. The third-order valence-electron chi connectivity index (χ3n) is 4.83. The van der Waals surface area contributed by atoms with Crippen molar-refractivity contribution in [3.05, 3.63) is 76.3 Å². The Balaban J connectivity index is 1.79. The van der Waals surface area contributed by atoms with Gasteiger partial charge >= 0.3 is 0 Å². The number of hydrogen-bond acceptors (Lipinski definition) is 3. The van der Waals surface area contributed by atoms with Gasteiger partial charge in [-0.15, -0.1) is 0 Å². The summed E-state index contributed by atoms with van der Waals surface area (Å²) in [7, 11) is 0. The molecule has 1 N–H and O–H groups in total. The van der Waals surface area contributed by atoms with Gasteiger partial charge in [0.05, 0.1) is 33.7 Å². The Morgan fingerprint density at radius 3 is 2.37 bits per heavy atom. The van der Waals surface area contributed by atoms with Crippen molar-refractivity contribution < 1.29 is 14.0 Å². The number of carbonyl (C=O) groups is 2. The van der Waals surface area contributed by atoms with Crippen molar-refractivity contribution in [1.82, 2.24) is 14.7 Å². The Morgan fingerprint density at radius 1 is 1.10 bits per heavy atom. The zero-order valence-corrected chi connectivity index (χ0v) is 17.7. The van der Waals surface area contributed by atoms with E-state index in [-0.39, 0.29) is 22.7 Å². The van der Waals surface area contributed by atoms with Crippen LogP contribution in [0.15, 0.2) is 48.7 Å². The number of anilines is 1. The highest BCUT2D eigenvalue weighted by atomic mass is 35.5. The predicted octanol–water partition coefficient (Wildman–Crippen LogP) is 4.71. The molecule has 1 heterocycles. The highest BCUT2D eigenvalue weighted by Gasteiger charge is 2.18. The van der Waals surface area contributed by atoms with Gasteiger partial charge in [-0.05, 0) is 63.2 Å². The lowest BCUT2D eigenvalue weighted by Gasteiger charge is -2.19. The molecule has 0 fully saturated rings. The lowest BCUT2D eigenvalue weighted by molar-refractivity contribution is 0.0773. The second-order valence-corrected chi connectivity index (χ2v) is 7.07. The molecule has 3 aromatic rings. The van der Waals surface area contributed by atoms with E-state index in [9.17, 15) is 14.0 Å².